The van der Waals surface area contributed by atoms with Crippen LogP contribution in [0.3, 0.4) is 0 Å². The number of thiazole rings is 1. The number of aromatic nitrogens is 1. The first-order valence-electron chi connectivity index (χ1n) is 7.14. The van der Waals surface area contributed by atoms with Gasteiger partial charge in [0.2, 0.25) is 0 Å². The first kappa shape index (κ1) is 15.8. The molecule has 2 amide bonds. The highest BCUT2D eigenvalue weighted by Crippen LogP contribution is 2.33. The van der Waals surface area contributed by atoms with Gasteiger partial charge in [-0.25, -0.2) is 9.78 Å². The van der Waals surface area contributed by atoms with E-state index in [1.54, 1.807) is 22.4 Å². The molecule has 1 aliphatic rings. The quantitative estimate of drug-likeness (QED) is 0.893. The molecule has 0 spiro atoms. The number of carbonyl (C=O) groups is 2. The molecule has 1 fully saturated rings. The summed E-state index contributed by atoms with van der Waals surface area (Å²) in [5.41, 5.74) is -0.795. The molecule has 2 heterocycles. The Kier molecular flexibility index (Phi) is 4.82. The number of aryl methyl sites for hydroxylation is 1. The number of hydrogen-bond donors (Lipinski definition) is 2. The van der Waals surface area contributed by atoms with E-state index in [0.29, 0.717) is 25.9 Å². The normalized spacial score (nSPS) is 22.1. The van der Waals surface area contributed by atoms with Gasteiger partial charge < -0.3 is 15.3 Å². The van der Waals surface area contributed by atoms with Gasteiger partial charge in [0.15, 0.2) is 0 Å². The third-order valence-corrected chi connectivity index (χ3v) is 4.99. The number of hydrogen-bond acceptors (Lipinski definition) is 4. The average molecular weight is 311 g/mol. The molecule has 21 heavy (non-hydrogen) atoms. The largest absolute Gasteiger partial charge is 0.481 e. The minimum Gasteiger partial charge on any atom is -0.481 e. The molecule has 1 aliphatic heterocycles. The van der Waals surface area contributed by atoms with E-state index >= 15 is 0 Å². The molecular formula is C14H21N3O3S. The van der Waals surface area contributed by atoms with Crippen molar-refractivity contribution in [3.8, 4) is 0 Å². The Morgan fingerprint density at radius 2 is 2.33 bits per heavy atom. The third-order valence-electron chi connectivity index (χ3n) is 4.08. The molecule has 6 nitrogen and oxygen atoms in total. The number of nitrogens with zero attached hydrogens (tertiary/aromatic N) is 2. The lowest BCUT2D eigenvalue weighted by molar-refractivity contribution is -0.152. The summed E-state index contributed by atoms with van der Waals surface area (Å²) in [4.78, 5) is 30.5. The Labute approximate surface area is 128 Å². The van der Waals surface area contributed by atoms with Crippen molar-refractivity contribution >= 4 is 23.3 Å². The molecule has 2 rings (SSSR count). The van der Waals surface area contributed by atoms with Gasteiger partial charge in [0.1, 0.15) is 0 Å². The number of carboxylic acids is 1. The minimum absolute atomic E-state index is 0.195. The van der Waals surface area contributed by atoms with Crippen LogP contribution in [0, 0.1) is 12.3 Å². The number of urea groups is 1. The zero-order chi connectivity index (χ0) is 15.5. The Bertz CT molecular complexity index is 531. The van der Waals surface area contributed by atoms with Gasteiger partial charge in [0.25, 0.3) is 0 Å². The summed E-state index contributed by atoms with van der Waals surface area (Å²) in [7, 11) is 0. The summed E-state index contributed by atoms with van der Waals surface area (Å²) < 4.78 is 0. The maximum atomic E-state index is 12.2. The molecule has 1 aromatic heterocycles. The summed E-state index contributed by atoms with van der Waals surface area (Å²) in [6, 6.07) is -0.195. The van der Waals surface area contributed by atoms with Crippen LogP contribution in [0.15, 0.2) is 6.20 Å². The fourth-order valence-electron chi connectivity index (χ4n) is 2.68. The Morgan fingerprint density at radius 1 is 1.57 bits per heavy atom. The summed E-state index contributed by atoms with van der Waals surface area (Å²) >= 11 is 1.55. The molecule has 116 valence electrons. The predicted molar refractivity (Wildman–Crippen MR) is 80.3 cm³/mol. The van der Waals surface area contributed by atoms with Gasteiger partial charge in [-0.3, -0.25) is 4.79 Å². The van der Waals surface area contributed by atoms with Crippen LogP contribution in [0.4, 0.5) is 4.79 Å². The van der Waals surface area contributed by atoms with Crippen molar-refractivity contribution < 1.29 is 14.7 Å². The molecule has 1 unspecified atom stereocenters. The second kappa shape index (κ2) is 6.43. The van der Waals surface area contributed by atoms with E-state index in [9.17, 15) is 14.7 Å². The molecule has 1 atom stereocenters. The summed E-state index contributed by atoms with van der Waals surface area (Å²) in [5, 5.41) is 13.2. The van der Waals surface area contributed by atoms with E-state index in [0.717, 1.165) is 16.3 Å². The highest BCUT2D eigenvalue weighted by molar-refractivity contribution is 7.11. The number of rotatable bonds is 4. The lowest BCUT2D eigenvalue weighted by Gasteiger charge is -2.39. The number of amides is 2. The van der Waals surface area contributed by atoms with Crippen molar-refractivity contribution in [2.24, 2.45) is 5.41 Å². The topological polar surface area (TPSA) is 82.5 Å². The number of likely N-dealkylation sites (tertiary alicyclic amines) is 1. The van der Waals surface area contributed by atoms with E-state index in [2.05, 4.69) is 10.3 Å². The summed E-state index contributed by atoms with van der Waals surface area (Å²) in [6.45, 7) is 5.13. The van der Waals surface area contributed by atoms with Crippen molar-refractivity contribution in [2.75, 3.05) is 13.1 Å². The van der Waals surface area contributed by atoms with E-state index < -0.39 is 11.4 Å². The van der Waals surface area contributed by atoms with E-state index in [1.165, 1.54) is 0 Å². The smallest absolute Gasteiger partial charge is 0.317 e. The van der Waals surface area contributed by atoms with Crippen molar-refractivity contribution in [3.05, 3.63) is 16.1 Å². The van der Waals surface area contributed by atoms with Gasteiger partial charge >= 0.3 is 12.0 Å². The molecule has 0 aliphatic carbocycles. The van der Waals surface area contributed by atoms with Gasteiger partial charge in [-0.1, -0.05) is 6.92 Å². The van der Waals surface area contributed by atoms with Crippen LogP contribution in [0.2, 0.25) is 0 Å². The van der Waals surface area contributed by atoms with Crippen molar-refractivity contribution in [3.63, 3.8) is 0 Å². The molecule has 0 bridgehead atoms. The molecular weight excluding hydrogens is 290 g/mol. The van der Waals surface area contributed by atoms with Gasteiger partial charge in [-0.15, -0.1) is 11.3 Å². The standard InChI is InChI=1S/C14H21N3O3S/c1-3-14(12(18)19)5-4-6-17(9-14)13(20)16-8-11-7-15-10(2)21-11/h7H,3-6,8-9H2,1-2H3,(H,16,20)(H,18,19). The van der Waals surface area contributed by atoms with Crippen LogP contribution in [0.5, 0.6) is 0 Å². The molecule has 0 aromatic carbocycles. The average Bonchev–Trinajstić information content (AvgIpc) is 2.90. The fourth-order valence-corrected chi connectivity index (χ4v) is 3.42. The number of piperidine rings is 1. The van der Waals surface area contributed by atoms with Crippen LogP contribution in [-0.4, -0.2) is 40.1 Å². The van der Waals surface area contributed by atoms with Crippen LogP contribution in [-0.2, 0) is 11.3 Å². The van der Waals surface area contributed by atoms with Crippen molar-refractivity contribution in [1.29, 1.82) is 0 Å². The molecule has 2 N–H and O–H groups in total. The molecule has 0 radical (unpaired) electrons. The lowest BCUT2D eigenvalue weighted by Crippen LogP contribution is -2.52. The SMILES string of the molecule is CCC1(C(=O)O)CCCN(C(=O)NCc2cnc(C)s2)C1. The van der Waals surface area contributed by atoms with Gasteiger partial charge in [-0.05, 0) is 26.2 Å². The highest BCUT2D eigenvalue weighted by atomic mass is 32.1. The van der Waals surface area contributed by atoms with Crippen molar-refractivity contribution in [2.45, 2.75) is 39.7 Å². The predicted octanol–water partition coefficient (Wildman–Crippen LogP) is 2.24. The summed E-state index contributed by atoms with van der Waals surface area (Å²) in [6.07, 6.45) is 3.66. The van der Waals surface area contributed by atoms with Crippen molar-refractivity contribution in [1.82, 2.24) is 15.2 Å². The first-order chi connectivity index (χ1) is 9.97. The third kappa shape index (κ3) is 3.53. The Morgan fingerprint density at radius 3 is 2.90 bits per heavy atom. The van der Waals surface area contributed by atoms with Crippen LogP contribution in [0.1, 0.15) is 36.1 Å². The summed E-state index contributed by atoms with van der Waals surface area (Å²) in [5.74, 6) is -0.805. The number of aliphatic carboxylic acids is 1. The van der Waals surface area contributed by atoms with Crippen LogP contribution < -0.4 is 5.32 Å². The maximum absolute atomic E-state index is 12.2. The number of carbonyl (C=O) groups excluding carboxylic acids is 1. The molecule has 1 aromatic rings. The van der Waals surface area contributed by atoms with E-state index in [1.807, 2.05) is 13.8 Å². The highest BCUT2D eigenvalue weighted by Gasteiger charge is 2.42. The maximum Gasteiger partial charge on any atom is 0.317 e. The first-order valence-corrected chi connectivity index (χ1v) is 7.96. The Hall–Kier alpha value is -1.63. The van der Waals surface area contributed by atoms with Crippen LogP contribution >= 0.6 is 11.3 Å². The molecule has 1 saturated heterocycles. The minimum atomic E-state index is -0.805. The zero-order valence-corrected chi connectivity index (χ0v) is 13.2. The van der Waals surface area contributed by atoms with Gasteiger partial charge in [-0.2, -0.15) is 0 Å². The lowest BCUT2D eigenvalue weighted by atomic mass is 9.78. The second-order valence-corrected chi connectivity index (χ2v) is 6.79. The monoisotopic (exact) mass is 311 g/mol. The number of carboxylic acid groups (broad SMARTS) is 1. The van der Waals surface area contributed by atoms with Gasteiger partial charge in [0.05, 0.1) is 17.0 Å². The molecule has 0 saturated carbocycles. The second-order valence-electron chi connectivity index (χ2n) is 5.47. The molecule has 7 heteroatoms. The van der Waals surface area contributed by atoms with E-state index in [-0.39, 0.29) is 12.6 Å². The Balaban J connectivity index is 1.94. The van der Waals surface area contributed by atoms with E-state index in [4.69, 9.17) is 0 Å². The number of nitrogens with one attached hydrogen (secondary N) is 1. The zero-order valence-electron chi connectivity index (χ0n) is 12.4. The van der Waals surface area contributed by atoms with Crippen LogP contribution in [0.25, 0.3) is 0 Å². The van der Waals surface area contributed by atoms with Gasteiger partial charge in [0, 0.05) is 24.2 Å². The fraction of sp³-hybridized carbons (Fsp3) is 0.643.